The lowest BCUT2D eigenvalue weighted by Crippen LogP contribution is -2.58. The Bertz CT molecular complexity index is 805. The molecular weight excluding hydrogens is 565 g/mol. The Balaban J connectivity index is 0. The number of hydrogen-bond acceptors (Lipinski definition) is 4. The molecule has 0 saturated heterocycles. The minimum atomic E-state index is -2.48. The van der Waals surface area contributed by atoms with Gasteiger partial charge in [-0.1, -0.05) is 114 Å². The molecule has 0 atom stereocenters. The molecule has 0 unspecified atom stereocenters. The van der Waals surface area contributed by atoms with Crippen molar-refractivity contribution in [1.82, 2.24) is 0 Å². The fourth-order valence-corrected chi connectivity index (χ4v) is 18.0. The van der Waals surface area contributed by atoms with Crippen LogP contribution in [0.5, 0.6) is 0 Å². The van der Waals surface area contributed by atoms with Gasteiger partial charge in [0.25, 0.3) is 8.32 Å². The van der Waals surface area contributed by atoms with E-state index in [4.69, 9.17) is 9.59 Å². The van der Waals surface area contributed by atoms with Gasteiger partial charge in [0.1, 0.15) is 0 Å². The highest BCUT2D eigenvalue weighted by molar-refractivity contribution is 6.96. The maximum Gasteiger partial charge on any atom is 0.252 e. The molecule has 0 aliphatic rings. The summed E-state index contributed by atoms with van der Waals surface area (Å²) in [5.74, 6) is 0. The number of benzene rings is 2. The molecule has 0 bridgehead atoms. The zero-order valence-electron chi connectivity index (χ0n) is 27.3. The highest BCUT2D eigenvalue weighted by atomic mass is 28.4. The lowest BCUT2D eigenvalue weighted by atomic mass is 10.4. The topological polar surface area (TPSA) is 80.9 Å². The molecule has 0 radical (unpaired) electrons. The molecule has 4 N–H and O–H groups in total. The lowest BCUT2D eigenvalue weighted by molar-refractivity contribution is 0.550. The third-order valence-electron chi connectivity index (χ3n) is 6.58. The quantitative estimate of drug-likeness (QED) is 0.226. The van der Waals surface area contributed by atoms with Crippen LogP contribution in [0, 0.1) is 0 Å². The molecule has 0 aromatic heterocycles. The van der Waals surface area contributed by atoms with Crippen LogP contribution in [0.2, 0.25) is 82.2 Å². The Labute approximate surface area is 247 Å². The van der Waals surface area contributed by atoms with E-state index < -0.39 is 41.3 Å². The molecule has 0 aliphatic heterocycles. The molecule has 0 saturated carbocycles. The molecule has 0 heterocycles. The van der Waals surface area contributed by atoms with Crippen LogP contribution in [0.15, 0.2) is 60.7 Å². The van der Waals surface area contributed by atoms with Gasteiger partial charge in [-0.3, -0.25) is 0 Å². The van der Waals surface area contributed by atoms with Crippen LogP contribution < -0.4 is 10.4 Å². The predicted octanol–water partition coefficient (Wildman–Crippen LogP) is 7.01. The van der Waals surface area contributed by atoms with Gasteiger partial charge in [-0.2, -0.15) is 0 Å². The van der Waals surface area contributed by atoms with Gasteiger partial charge >= 0.3 is 0 Å². The minimum absolute atomic E-state index is 0.807. The summed E-state index contributed by atoms with van der Waals surface area (Å²) in [6.07, 6.45) is 1.28. The summed E-state index contributed by atoms with van der Waals surface area (Å²) in [5.41, 5.74) is 1.16. The molecule has 0 fully saturated rings. The summed E-state index contributed by atoms with van der Waals surface area (Å²) in [6.45, 7) is 25.0. The summed E-state index contributed by atoms with van der Waals surface area (Å²) in [6, 6.07) is 24.2. The van der Waals surface area contributed by atoms with Crippen molar-refractivity contribution in [2.45, 2.75) is 116 Å². The van der Waals surface area contributed by atoms with Gasteiger partial charge in [0, 0.05) is 8.07 Å². The Morgan fingerprint density at radius 3 is 1.00 bits per heavy atom. The molecule has 0 spiro atoms. The molecule has 2 aromatic rings. The van der Waals surface area contributed by atoms with Gasteiger partial charge < -0.3 is 19.2 Å². The van der Waals surface area contributed by atoms with E-state index in [1.54, 1.807) is 0 Å². The number of rotatable bonds is 9. The average molecular weight is 627 g/mol. The zero-order valence-corrected chi connectivity index (χ0v) is 32.3. The SMILES string of the molecule is CCC[Si](C)(C)C[Si](C)(C)O.CC[Si](C)(C)O.CC[Si](C)(C)O.CC[Si](O)(c1ccccc1)c1ccccc1. The van der Waals surface area contributed by atoms with Crippen molar-refractivity contribution in [2.24, 2.45) is 0 Å². The first-order chi connectivity index (χ1) is 17.7. The zero-order chi connectivity index (χ0) is 31.0. The Hall–Kier alpha value is -0.636. The first kappa shape index (κ1) is 40.5. The second-order valence-electron chi connectivity index (χ2n) is 13.2. The van der Waals surface area contributed by atoms with Crippen LogP contribution >= 0.6 is 0 Å². The second kappa shape index (κ2) is 18.7. The van der Waals surface area contributed by atoms with Gasteiger partial charge in [-0.25, -0.2) is 0 Å². The van der Waals surface area contributed by atoms with E-state index in [2.05, 4.69) is 40.0 Å². The first-order valence-electron chi connectivity index (χ1n) is 14.7. The van der Waals surface area contributed by atoms with Crippen LogP contribution in [-0.4, -0.2) is 60.5 Å². The maximum absolute atomic E-state index is 10.9. The third-order valence-corrected chi connectivity index (χ3v) is 22.8. The Morgan fingerprint density at radius 1 is 0.487 bits per heavy atom. The van der Waals surface area contributed by atoms with Gasteiger partial charge in [-0.05, 0) is 73.5 Å². The molecule has 9 heteroatoms. The molecule has 0 aliphatic carbocycles. The molecule has 2 aromatic carbocycles. The van der Waals surface area contributed by atoms with E-state index in [9.17, 15) is 9.59 Å². The third kappa shape index (κ3) is 21.7. The Kier molecular flexibility index (Phi) is 19.4. The largest absolute Gasteiger partial charge is 0.433 e. The van der Waals surface area contributed by atoms with Crippen molar-refractivity contribution in [3.63, 3.8) is 0 Å². The summed E-state index contributed by atoms with van der Waals surface area (Å²) in [7, 11) is -8.53. The van der Waals surface area contributed by atoms with Crippen LogP contribution in [0.3, 0.4) is 0 Å². The molecule has 0 amide bonds. The van der Waals surface area contributed by atoms with Crippen LogP contribution in [-0.2, 0) is 0 Å². The van der Waals surface area contributed by atoms with Gasteiger partial charge in [0.05, 0.1) is 0 Å². The monoisotopic (exact) mass is 626 g/mol. The average Bonchev–Trinajstić information content (AvgIpc) is 2.83. The van der Waals surface area contributed by atoms with E-state index in [1.165, 1.54) is 12.5 Å². The fourth-order valence-electron chi connectivity index (χ4n) is 3.94. The van der Waals surface area contributed by atoms with Gasteiger partial charge in [0.15, 0.2) is 25.0 Å². The summed E-state index contributed by atoms with van der Waals surface area (Å²) in [4.78, 5) is 38.6. The van der Waals surface area contributed by atoms with E-state index in [0.717, 1.165) is 34.2 Å². The molecule has 39 heavy (non-hydrogen) atoms. The first-order valence-corrected chi connectivity index (χ1v) is 29.7. The number of hydrogen-bond donors (Lipinski definition) is 4. The summed E-state index contributed by atoms with van der Waals surface area (Å²) in [5, 5.41) is 2.17. The minimum Gasteiger partial charge on any atom is -0.433 e. The molecule has 226 valence electrons. The van der Waals surface area contributed by atoms with Gasteiger partial charge in [-0.15, -0.1) is 0 Å². The molecular formula is C30H62O4Si5. The van der Waals surface area contributed by atoms with E-state index in [0.29, 0.717) is 0 Å². The van der Waals surface area contributed by atoms with Crippen LogP contribution in [0.4, 0.5) is 0 Å². The summed E-state index contributed by atoms with van der Waals surface area (Å²) >= 11 is 0. The highest BCUT2D eigenvalue weighted by Crippen LogP contribution is 2.22. The molecule has 2 rings (SSSR count). The van der Waals surface area contributed by atoms with E-state index in [1.807, 2.05) is 101 Å². The van der Waals surface area contributed by atoms with Crippen LogP contribution in [0.25, 0.3) is 0 Å². The maximum atomic E-state index is 10.9. The van der Waals surface area contributed by atoms with Crippen LogP contribution in [0.1, 0.15) is 34.1 Å². The lowest BCUT2D eigenvalue weighted by Gasteiger charge is -2.27. The summed E-state index contributed by atoms with van der Waals surface area (Å²) < 4.78 is 0. The fraction of sp³-hybridized carbons (Fsp3) is 0.600. The van der Waals surface area contributed by atoms with Crippen molar-refractivity contribution >= 4 is 51.7 Å². The van der Waals surface area contributed by atoms with Crippen molar-refractivity contribution in [3.8, 4) is 0 Å². The second-order valence-corrected chi connectivity index (χ2v) is 35.3. The van der Waals surface area contributed by atoms with Crippen molar-refractivity contribution < 1.29 is 19.2 Å². The normalized spacial score (nSPS) is 12.2. The smallest absolute Gasteiger partial charge is 0.252 e. The van der Waals surface area contributed by atoms with E-state index >= 15 is 0 Å². The highest BCUT2D eigenvalue weighted by Gasteiger charge is 2.33. The van der Waals surface area contributed by atoms with Crippen molar-refractivity contribution in [2.75, 3.05) is 0 Å². The van der Waals surface area contributed by atoms with Crippen molar-refractivity contribution in [3.05, 3.63) is 60.7 Å². The predicted molar refractivity (Wildman–Crippen MR) is 188 cm³/mol. The molecule has 4 nitrogen and oxygen atoms in total. The van der Waals surface area contributed by atoms with Crippen molar-refractivity contribution in [1.29, 1.82) is 0 Å². The van der Waals surface area contributed by atoms with Gasteiger partial charge in [0.2, 0.25) is 0 Å². The van der Waals surface area contributed by atoms with E-state index in [-0.39, 0.29) is 0 Å². The standard InChI is InChI=1S/C14H16OSi.C8H22OSi2.2C4H12OSi/c1-2-16(15,13-9-5-3-6-10-13)14-11-7-4-8-12-14;1-6-7-10(2,3)8-11(4,5)9;2*1-4-6(2,3)5/h3-12,15H,2H2,1H3;9H,6-8H2,1-5H3;2*5H,4H2,1-3H3. The Morgan fingerprint density at radius 2 is 0.795 bits per heavy atom.